The van der Waals surface area contributed by atoms with Gasteiger partial charge >= 0.3 is 0 Å². The number of rotatable bonds is 1. The fraction of sp³-hybridized carbons (Fsp3) is 0.0714. The van der Waals surface area contributed by atoms with E-state index in [0.717, 1.165) is 11.1 Å². The van der Waals surface area contributed by atoms with Crippen molar-refractivity contribution in [3.05, 3.63) is 47.0 Å². The predicted octanol–water partition coefficient (Wildman–Crippen LogP) is 4.04. The summed E-state index contributed by atoms with van der Waals surface area (Å²) in [6.07, 6.45) is 0. The second-order valence-electron chi connectivity index (χ2n) is 4.23. The van der Waals surface area contributed by atoms with Crippen molar-refractivity contribution < 1.29 is 4.42 Å². The largest absolute Gasteiger partial charge is 0.436 e. The second-order valence-corrected chi connectivity index (χ2v) is 4.64. The molecule has 0 fully saturated rings. The minimum atomic E-state index is 0.492. The summed E-state index contributed by atoms with van der Waals surface area (Å²) in [5.74, 6) is 0.579. The van der Waals surface area contributed by atoms with Crippen molar-refractivity contribution in [2.24, 2.45) is 0 Å². The van der Waals surface area contributed by atoms with Gasteiger partial charge in [0.2, 0.25) is 5.89 Å². The first kappa shape index (κ1) is 11.1. The fourth-order valence-electron chi connectivity index (χ4n) is 1.87. The van der Waals surface area contributed by atoms with Gasteiger partial charge in [0.1, 0.15) is 5.52 Å². The van der Waals surface area contributed by atoms with Crippen LogP contribution in [0.4, 0.5) is 5.69 Å². The number of hydrogen-bond donors (Lipinski definition) is 1. The molecule has 3 nitrogen and oxygen atoms in total. The van der Waals surface area contributed by atoms with Crippen LogP contribution in [0.25, 0.3) is 22.6 Å². The summed E-state index contributed by atoms with van der Waals surface area (Å²) in [6, 6.07) is 11.4. The zero-order valence-electron chi connectivity index (χ0n) is 9.77. The lowest BCUT2D eigenvalue weighted by Gasteiger charge is -1.96. The average Bonchev–Trinajstić information content (AvgIpc) is 2.73. The molecule has 0 bridgehead atoms. The van der Waals surface area contributed by atoms with Crippen molar-refractivity contribution in [1.82, 2.24) is 4.98 Å². The third kappa shape index (κ3) is 1.83. The Morgan fingerprint density at radius 1 is 1.22 bits per heavy atom. The normalized spacial score (nSPS) is 11.0. The van der Waals surface area contributed by atoms with E-state index < -0.39 is 0 Å². The average molecular weight is 259 g/mol. The summed E-state index contributed by atoms with van der Waals surface area (Å²) in [5.41, 5.74) is 9.70. The fourth-order valence-corrected chi connectivity index (χ4v) is 2.02. The maximum atomic E-state index is 5.96. The molecule has 1 heterocycles. The Hall–Kier alpha value is -2.00. The zero-order valence-corrected chi connectivity index (χ0v) is 10.5. The van der Waals surface area contributed by atoms with Crippen LogP contribution < -0.4 is 5.73 Å². The highest BCUT2D eigenvalue weighted by atomic mass is 35.5. The quantitative estimate of drug-likeness (QED) is 0.670. The molecule has 3 rings (SSSR count). The number of anilines is 1. The molecule has 0 spiro atoms. The number of halogens is 1. The van der Waals surface area contributed by atoms with Crippen LogP contribution in [0.15, 0.2) is 40.8 Å². The van der Waals surface area contributed by atoms with Gasteiger partial charge in [0, 0.05) is 11.6 Å². The lowest BCUT2D eigenvalue weighted by atomic mass is 10.1. The van der Waals surface area contributed by atoms with Crippen molar-refractivity contribution in [3.63, 3.8) is 0 Å². The summed E-state index contributed by atoms with van der Waals surface area (Å²) in [6.45, 7) is 2.03. The smallest absolute Gasteiger partial charge is 0.227 e. The molecule has 0 aliphatic heterocycles. The number of hydrogen-bond acceptors (Lipinski definition) is 3. The molecule has 4 heteroatoms. The van der Waals surface area contributed by atoms with Crippen LogP contribution in [-0.2, 0) is 0 Å². The van der Waals surface area contributed by atoms with E-state index in [1.54, 1.807) is 12.1 Å². The van der Waals surface area contributed by atoms with Crippen molar-refractivity contribution in [2.75, 3.05) is 5.73 Å². The van der Waals surface area contributed by atoms with Crippen LogP contribution in [0.5, 0.6) is 0 Å². The SMILES string of the molecule is Cc1cccc(-c2nc3cc(Cl)c(N)cc3o2)c1. The van der Waals surface area contributed by atoms with Gasteiger partial charge in [-0.15, -0.1) is 0 Å². The molecule has 18 heavy (non-hydrogen) atoms. The van der Waals surface area contributed by atoms with Crippen LogP contribution in [0, 0.1) is 6.92 Å². The molecular weight excluding hydrogens is 248 g/mol. The molecule has 0 unspecified atom stereocenters. The van der Waals surface area contributed by atoms with E-state index in [4.69, 9.17) is 21.8 Å². The van der Waals surface area contributed by atoms with Crippen LogP contribution >= 0.6 is 11.6 Å². The minimum Gasteiger partial charge on any atom is -0.436 e. The summed E-state index contributed by atoms with van der Waals surface area (Å²) in [5, 5.41) is 0.492. The van der Waals surface area contributed by atoms with Crippen molar-refractivity contribution in [3.8, 4) is 11.5 Å². The number of nitrogens with zero attached hydrogens (tertiary/aromatic N) is 1. The minimum absolute atomic E-state index is 0.492. The molecular formula is C14H11ClN2O. The molecule has 0 amide bonds. The maximum absolute atomic E-state index is 5.96. The molecule has 2 N–H and O–H groups in total. The first-order chi connectivity index (χ1) is 8.63. The van der Waals surface area contributed by atoms with Gasteiger partial charge in [0.05, 0.1) is 10.7 Å². The Labute approximate surface area is 109 Å². The summed E-state index contributed by atoms with van der Waals surface area (Å²) in [7, 11) is 0. The molecule has 3 aromatic rings. The first-order valence-electron chi connectivity index (χ1n) is 5.56. The Morgan fingerprint density at radius 2 is 2.06 bits per heavy atom. The van der Waals surface area contributed by atoms with Gasteiger partial charge in [-0.2, -0.15) is 0 Å². The molecule has 0 saturated carbocycles. The molecule has 0 aliphatic carbocycles. The Morgan fingerprint density at radius 3 is 2.83 bits per heavy atom. The summed E-state index contributed by atoms with van der Waals surface area (Å²) < 4.78 is 5.70. The van der Waals surface area contributed by atoms with E-state index in [-0.39, 0.29) is 0 Å². The number of nitrogen functional groups attached to an aromatic ring is 1. The van der Waals surface area contributed by atoms with Crippen LogP contribution in [0.3, 0.4) is 0 Å². The van der Waals surface area contributed by atoms with Crippen LogP contribution in [0.2, 0.25) is 5.02 Å². The van der Waals surface area contributed by atoms with Crippen molar-refractivity contribution in [2.45, 2.75) is 6.92 Å². The predicted molar refractivity (Wildman–Crippen MR) is 73.6 cm³/mol. The van der Waals surface area contributed by atoms with E-state index in [1.807, 2.05) is 31.2 Å². The van der Waals surface area contributed by atoms with E-state index in [1.165, 1.54) is 0 Å². The van der Waals surface area contributed by atoms with Gasteiger partial charge < -0.3 is 10.2 Å². The zero-order chi connectivity index (χ0) is 12.7. The Bertz CT molecular complexity index is 695. The monoisotopic (exact) mass is 258 g/mol. The van der Waals surface area contributed by atoms with E-state index >= 15 is 0 Å². The lowest BCUT2D eigenvalue weighted by molar-refractivity contribution is 0.620. The lowest BCUT2D eigenvalue weighted by Crippen LogP contribution is -1.84. The molecule has 0 atom stereocenters. The summed E-state index contributed by atoms with van der Waals surface area (Å²) >= 11 is 5.96. The van der Waals surface area contributed by atoms with E-state index in [9.17, 15) is 0 Å². The Balaban J connectivity index is 2.19. The van der Waals surface area contributed by atoms with Gasteiger partial charge in [0.25, 0.3) is 0 Å². The van der Waals surface area contributed by atoms with Crippen LogP contribution in [0.1, 0.15) is 5.56 Å². The standard InChI is InChI=1S/C14H11ClN2O/c1-8-3-2-4-9(5-8)14-17-12-6-10(15)11(16)7-13(12)18-14/h2-7H,16H2,1H3. The molecule has 90 valence electrons. The number of aromatic nitrogens is 1. The molecule has 0 aliphatic rings. The molecule has 2 aromatic carbocycles. The molecule has 0 radical (unpaired) electrons. The highest BCUT2D eigenvalue weighted by Gasteiger charge is 2.10. The third-order valence-electron chi connectivity index (χ3n) is 2.77. The number of fused-ring (bicyclic) bond motifs is 1. The van der Waals surface area contributed by atoms with Gasteiger partial charge in [-0.05, 0) is 25.1 Å². The number of oxazole rings is 1. The Kier molecular flexibility index (Phi) is 2.49. The van der Waals surface area contributed by atoms with Crippen LogP contribution in [-0.4, -0.2) is 4.98 Å². The topological polar surface area (TPSA) is 52.0 Å². The number of aryl methyl sites for hydroxylation is 1. The molecule has 1 aromatic heterocycles. The highest BCUT2D eigenvalue weighted by Crippen LogP contribution is 2.29. The number of benzene rings is 2. The van der Waals surface area contributed by atoms with Gasteiger partial charge in [-0.1, -0.05) is 29.3 Å². The van der Waals surface area contributed by atoms with E-state index in [2.05, 4.69) is 4.98 Å². The first-order valence-corrected chi connectivity index (χ1v) is 5.94. The summed E-state index contributed by atoms with van der Waals surface area (Å²) in [4.78, 5) is 4.42. The number of nitrogens with two attached hydrogens (primary N) is 1. The van der Waals surface area contributed by atoms with Crippen molar-refractivity contribution in [1.29, 1.82) is 0 Å². The third-order valence-corrected chi connectivity index (χ3v) is 3.10. The van der Waals surface area contributed by atoms with Gasteiger partial charge in [-0.3, -0.25) is 0 Å². The van der Waals surface area contributed by atoms with E-state index in [0.29, 0.717) is 27.7 Å². The maximum Gasteiger partial charge on any atom is 0.227 e. The highest BCUT2D eigenvalue weighted by molar-refractivity contribution is 6.33. The van der Waals surface area contributed by atoms with Gasteiger partial charge in [-0.25, -0.2) is 4.98 Å². The molecule has 0 saturated heterocycles. The second kappa shape index (κ2) is 4.03. The van der Waals surface area contributed by atoms with Crippen molar-refractivity contribution >= 4 is 28.4 Å². The van der Waals surface area contributed by atoms with Gasteiger partial charge in [0.15, 0.2) is 5.58 Å².